The highest BCUT2D eigenvalue weighted by Crippen LogP contribution is 2.11. The van der Waals surface area contributed by atoms with E-state index in [-0.39, 0.29) is 0 Å². The van der Waals surface area contributed by atoms with E-state index in [1.165, 1.54) is 70.6 Å². The van der Waals surface area contributed by atoms with Crippen LogP contribution in [0.2, 0.25) is 0 Å². The first-order chi connectivity index (χ1) is 7.41. The zero-order valence-electron chi connectivity index (χ0n) is 10.4. The number of allylic oxidation sites excluding steroid dienone is 1. The summed E-state index contributed by atoms with van der Waals surface area (Å²) in [4.78, 5) is 0. The Morgan fingerprint density at radius 2 is 1.20 bits per heavy atom. The van der Waals surface area contributed by atoms with Crippen LogP contribution in [0, 0.1) is 0 Å². The van der Waals surface area contributed by atoms with Gasteiger partial charge in [0.2, 0.25) is 0 Å². The molecule has 0 nitrogen and oxygen atoms in total. The maximum Gasteiger partial charge on any atom is -0.0146 e. The van der Waals surface area contributed by atoms with Crippen molar-refractivity contribution >= 4 is 9.24 Å². The molecule has 0 aliphatic rings. The van der Waals surface area contributed by atoms with Crippen molar-refractivity contribution in [3.63, 3.8) is 0 Å². The van der Waals surface area contributed by atoms with Crippen LogP contribution in [0.3, 0.4) is 0 Å². The van der Waals surface area contributed by atoms with Crippen molar-refractivity contribution in [1.29, 1.82) is 0 Å². The quantitative estimate of drug-likeness (QED) is 0.290. The average molecular weight is 226 g/mol. The fourth-order valence-electron chi connectivity index (χ4n) is 1.82. The standard InChI is InChI=1S/C14H27P/c1-2-3-4-5-6-7-8-9-10-11-12-13-14-15/h13-14H,2-12H2,1H3/b14-13+. The molecule has 0 fully saturated rings. The van der Waals surface area contributed by atoms with Crippen molar-refractivity contribution in [3.8, 4) is 0 Å². The van der Waals surface area contributed by atoms with E-state index in [1.54, 1.807) is 0 Å². The summed E-state index contributed by atoms with van der Waals surface area (Å²) in [5.74, 6) is 1.85. The van der Waals surface area contributed by atoms with Gasteiger partial charge in [0, 0.05) is 0 Å². The molecule has 0 aliphatic heterocycles. The molecule has 0 N–H and O–H groups in total. The Kier molecular flexibility index (Phi) is 14.3. The maximum atomic E-state index is 4.04. The zero-order chi connectivity index (χ0) is 11.2. The second-order valence-electron chi connectivity index (χ2n) is 4.36. The molecule has 0 aliphatic carbocycles. The first-order valence-electron chi connectivity index (χ1n) is 6.71. The van der Waals surface area contributed by atoms with Gasteiger partial charge in [0.15, 0.2) is 0 Å². The third-order valence-corrected chi connectivity index (χ3v) is 3.04. The van der Waals surface area contributed by atoms with E-state index >= 15 is 0 Å². The molecule has 0 aromatic rings. The zero-order valence-corrected chi connectivity index (χ0v) is 11.3. The highest BCUT2D eigenvalue weighted by Gasteiger charge is 1.91. The predicted molar refractivity (Wildman–Crippen MR) is 72.5 cm³/mol. The van der Waals surface area contributed by atoms with Crippen LogP contribution in [0.5, 0.6) is 0 Å². The van der Waals surface area contributed by atoms with E-state index in [9.17, 15) is 0 Å². The summed E-state index contributed by atoms with van der Waals surface area (Å²) in [6.45, 7) is 2.28. The number of hydrogen-bond donors (Lipinski definition) is 0. The van der Waals surface area contributed by atoms with Crippen molar-refractivity contribution in [3.05, 3.63) is 11.9 Å². The molecule has 0 aromatic carbocycles. The molecule has 0 saturated heterocycles. The Morgan fingerprint density at radius 3 is 1.67 bits per heavy atom. The van der Waals surface area contributed by atoms with Gasteiger partial charge in [-0.05, 0) is 22.1 Å². The van der Waals surface area contributed by atoms with Crippen LogP contribution in [0.4, 0.5) is 0 Å². The molecule has 2 radical (unpaired) electrons. The lowest BCUT2D eigenvalue weighted by atomic mass is 10.1. The Bertz CT molecular complexity index is 129. The predicted octanol–water partition coefficient (Wildman–Crippen LogP) is 6.22. The highest BCUT2D eigenvalue weighted by molar-refractivity contribution is 7.20. The van der Waals surface area contributed by atoms with Gasteiger partial charge in [-0.15, -0.1) is 0 Å². The highest BCUT2D eigenvalue weighted by atomic mass is 31.0. The SMILES string of the molecule is CCCCCCCCCCCC/C=C/[P]. The minimum atomic E-state index is 1.21. The van der Waals surface area contributed by atoms with Crippen molar-refractivity contribution < 1.29 is 0 Å². The lowest BCUT2D eigenvalue weighted by molar-refractivity contribution is 0.557. The molecule has 88 valence electrons. The summed E-state index contributed by atoms with van der Waals surface area (Å²) >= 11 is 0. The van der Waals surface area contributed by atoms with Crippen molar-refractivity contribution in [2.24, 2.45) is 0 Å². The minimum Gasteiger partial charge on any atom is -0.0834 e. The Morgan fingerprint density at radius 1 is 0.733 bits per heavy atom. The van der Waals surface area contributed by atoms with Crippen LogP contribution in [0.1, 0.15) is 77.6 Å². The van der Waals surface area contributed by atoms with Crippen molar-refractivity contribution in [1.82, 2.24) is 0 Å². The van der Waals surface area contributed by atoms with E-state index < -0.39 is 0 Å². The van der Waals surface area contributed by atoms with Gasteiger partial charge in [-0.1, -0.05) is 76.6 Å². The largest absolute Gasteiger partial charge is 0.0834 e. The maximum absolute atomic E-state index is 4.04. The molecular formula is C14H27P. The Hall–Kier alpha value is 0.170. The number of hydrogen-bond acceptors (Lipinski definition) is 0. The summed E-state index contributed by atoms with van der Waals surface area (Å²) in [5, 5.41) is 0. The number of rotatable bonds is 11. The lowest BCUT2D eigenvalue weighted by Gasteiger charge is -2.01. The van der Waals surface area contributed by atoms with Gasteiger partial charge in [-0.25, -0.2) is 0 Å². The molecule has 0 heterocycles. The number of unbranched alkanes of at least 4 members (excludes halogenated alkanes) is 10. The van der Waals surface area contributed by atoms with Crippen LogP contribution in [0.25, 0.3) is 0 Å². The van der Waals surface area contributed by atoms with E-state index in [1.807, 2.05) is 5.82 Å². The van der Waals surface area contributed by atoms with E-state index in [2.05, 4.69) is 22.2 Å². The van der Waals surface area contributed by atoms with Crippen LogP contribution in [-0.2, 0) is 0 Å². The first kappa shape index (κ1) is 15.2. The first-order valence-corrected chi connectivity index (χ1v) is 7.22. The van der Waals surface area contributed by atoms with Gasteiger partial charge in [-0.3, -0.25) is 0 Å². The van der Waals surface area contributed by atoms with Crippen LogP contribution >= 0.6 is 9.24 Å². The van der Waals surface area contributed by atoms with Crippen LogP contribution in [-0.4, -0.2) is 0 Å². The molecule has 0 spiro atoms. The van der Waals surface area contributed by atoms with E-state index in [0.29, 0.717) is 0 Å². The molecule has 0 unspecified atom stereocenters. The second kappa shape index (κ2) is 14.2. The topological polar surface area (TPSA) is 0 Å². The van der Waals surface area contributed by atoms with Gasteiger partial charge >= 0.3 is 0 Å². The molecule has 1 heteroatoms. The van der Waals surface area contributed by atoms with Gasteiger partial charge in [0.25, 0.3) is 0 Å². The summed E-state index contributed by atoms with van der Waals surface area (Å²) < 4.78 is 0. The molecular weight excluding hydrogens is 199 g/mol. The van der Waals surface area contributed by atoms with Gasteiger partial charge in [0.1, 0.15) is 0 Å². The molecule has 0 amide bonds. The summed E-state index contributed by atoms with van der Waals surface area (Å²) in [7, 11) is 4.04. The second-order valence-corrected chi connectivity index (χ2v) is 4.65. The molecule has 0 rings (SSSR count). The van der Waals surface area contributed by atoms with Gasteiger partial charge < -0.3 is 0 Å². The third-order valence-electron chi connectivity index (χ3n) is 2.83. The van der Waals surface area contributed by atoms with Crippen molar-refractivity contribution in [2.75, 3.05) is 0 Å². The minimum absolute atomic E-state index is 1.21. The smallest absolute Gasteiger partial charge is 0.0146 e. The monoisotopic (exact) mass is 226 g/mol. The molecule has 0 bridgehead atoms. The van der Waals surface area contributed by atoms with Gasteiger partial charge in [-0.2, -0.15) is 0 Å². The van der Waals surface area contributed by atoms with Crippen molar-refractivity contribution in [2.45, 2.75) is 77.6 Å². The third kappa shape index (κ3) is 14.2. The summed E-state index contributed by atoms with van der Waals surface area (Å²) in [6, 6.07) is 0. The molecule has 0 saturated carbocycles. The normalized spacial score (nSPS) is 11.3. The average Bonchev–Trinajstić information content (AvgIpc) is 2.26. The van der Waals surface area contributed by atoms with E-state index in [0.717, 1.165) is 0 Å². The summed E-state index contributed by atoms with van der Waals surface area (Å²) in [6.07, 6.45) is 17.6. The molecule has 15 heavy (non-hydrogen) atoms. The fraction of sp³-hybridized carbons (Fsp3) is 0.857. The van der Waals surface area contributed by atoms with E-state index in [4.69, 9.17) is 0 Å². The molecule has 0 aromatic heterocycles. The van der Waals surface area contributed by atoms with Crippen LogP contribution in [0.15, 0.2) is 11.9 Å². The lowest BCUT2D eigenvalue weighted by Crippen LogP contribution is -1.81. The van der Waals surface area contributed by atoms with Crippen LogP contribution < -0.4 is 0 Å². The van der Waals surface area contributed by atoms with Gasteiger partial charge in [0.05, 0.1) is 0 Å². The summed E-state index contributed by atoms with van der Waals surface area (Å²) in [5.41, 5.74) is 0. The Balaban J connectivity index is 2.86. The Labute approximate surface area is 99.1 Å². The fourth-order valence-corrected chi connectivity index (χ4v) is 1.97. The molecule has 0 atom stereocenters.